The van der Waals surface area contributed by atoms with Gasteiger partial charge in [-0.15, -0.1) is 0 Å². The van der Waals surface area contributed by atoms with Crippen LogP contribution in [0.25, 0.3) is 0 Å². The molecule has 1 saturated heterocycles. The molecule has 6 fully saturated rings. The van der Waals surface area contributed by atoms with E-state index >= 15 is 0 Å². The third-order valence-corrected chi connectivity index (χ3v) is 15.5. The molecule has 6 rings (SSSR count). The predicted molar refractivity (Wildman–Crippen MR) is 163 cm³/mol. The molecule has 0 amide bonds. The Bertz CT molecular complexity index is 1040. The maximum atomic E-state index is 10.9. The fourth-order valence-electron chi connectivity index (χ4n) is 13.2. The van der Waals surface area contributed by atoms with Gasteiger partial charge in [0, 0.05) is 13.0 Å². The minimum Gasteiger partial charge on any atom is -0.396 e. The molecule has 1 heterocycles. The molecule has 0 aromatic rings. The van der Waals surface area contributed by atoms with E-state index < -0.39 is 24.6 Å². The van der Waals surface area contributed by atoms with Crippen LogP contribution in [0.4, 0.5) is 0 Å². The minimum absolute atomic E-state index is 0.00851. The van der Waals surface area contributed by atoms with Gasteiger partial charge in [-0.05, 0) is 128 Å². The second-order valence-corrected chi connectivity index (χ2v) is 17.3. The largest absolute Gasteiger partial charge is 0.396 e. The van der Waals surface area contributed by atoms with Crippen LogP contribution in [0.3, 0.4) is 0 Å². The molecule has 42 heavy (non-hydrogen) atoms. The van der Waals surface area contributed by atoms with Crippen molar-refractivity contribution in [2.45, 2.75) is 143 Å². The summed E-state index contributed by atoms with van der Waals surface area (Å²) < 4.78 is 12.1. The van der Waals surface area contributed by atoms with Gasteiger partial charge >= 0.3 is 0 Å². The van der Waals surface area contributed by atoms with E-state index in [0.717, 1.165) is 25.7 Å². The Balaban J connectivity index is 1.26. The summed E-state index contributed by atoms with van der Waals surface area (Å²) in [5, 5.41) is 41.6. The van der Waals surface area contributed by atoms with E-state index in [2.05, 4.69) is 48.1 Å². The maximum absolute atomic E-state index is 10.9. The van der Waals surface area contributed by atoms with Crippen LogP contribution in [0.15, 0.2) is 12.2 Å². The molecule has 5 aliphatic carbocycles. The van der Waals surface area contributed by atoms with Gasteiger partial charge in [0.15, 0.2) is 6.29 Å². The zero-order chi connectivity index (χ0) is 30.5. The lowest BCUT2D eigenvalue weighted by atomic mass is 9.32. The van der Waals surface area contributed by atoms with Gasteiger partial charge < -0.3 is 29.9 Å². The number of ether oxygens (including phenoxy) is 2. The van der Waals surface area contributed by atoms with Gasteiger partial charge in [0.05, 0.1) is 18.8 Å². The first kappa shape index (κ1) is 31.5. The number of fused-ring (bicyclic) bond motifs is 7. The molecule has 6 heteroatoms. The molecular weight excluding hydrogens is 528 g/mol. The Morgan fingerprint density at radius 3 is 2.26 bits per heavy atom. The van der Waals surface area contributed by atoms with Crippen LogP contribution in [0, 0.1) is 56.7 Å². The van der Waals surface area contributed by atoms with Gasteiger partial charge in [0.2, 0.25) is 0 Å². The highest BCUT2D eigenvalue weighted by atomic mass is 16.6. The lowest BCUT2D eigenvalue weighted by Crippen LogP contribution is -2.67. The van der Waals surface area contributed by atoms with Crippen LogP contribution in [0.5, 0.6) is 0 Å². The van der Waals surface area contributed by atoms with Crippen molar-refractivity contribution in [2.75, 3.05) is 13.2 Å². The molecule has 14 atom stereocenters. The van der Waals surface area contributed by atoms with Gasteiger partial charge in [-0.2, -0.15) is 0 Å². The molecule has 240 valence electrons. The molecule has 1 aliphatic heterocycles. The fraction of sp³-hybridized carbons (Fsp3) is 0.944. The molecular formula is C36H60O6. The first-order chi connectivity index (χ1) is 19.7. The van der Waals surface area contributed by atoms with Crippen molar-refractivity contribution in [1.82, 2.24) is 0 Å². The SMILES string of the molecule is C=C(C)[C@@H]1CC[C@]2(CO)CC[C@]3(C)[C@H](CC[C@@H]4[C@@]5(C)CCC(O[C@@H]6C[C@@H](O)O[C@H](CO)[C@@H]6O)C(C)(C)[C@@H]5CC[C@]43C)[C@@H]12. The van der Waals surface area contributed by atoms with Gasteiger partial charge in [0.1, 0.15) is 12.2 Å². The first-order valence-corrected chi connectivity index (χ1v) is 17.2. The first-order valence-electron chi connectivity index (χ1n) is 17.2. The van der Waals surface area contributed by atoms with Crippen LogP contribution in [0.2, 0.25) is 0 Å². The fourth-order valence-corrected chi connectivity index (χ4v) is 13.2. The highest BCUT2D eigenvalue weighted by molar-refractivity contribution is 5.21. The third kappa shape index (κ3) is 4.24. The van der Waals surface area contributed by atoms with E-state index in [4.69, 9.17) is 9.47 Å². The number of hydrogen-bond acceptors (Lipinski definition) is 6. The number of allylic oxidation sites excluding steroid dienone is 1. The average molecular weight is 589 g/mol. The summed E-state index contributed by atoms with van der Waals surface area (Å²) in [5.74, 6) is 2.94. The van der Waals surface area contributed by atoms with Crippen molar-refractivity contribution < 1.29 is 29.9 Å². The van der Waals surface area contributed by atoms with Crippen LogP contribution in [0.1, 0.15) is 112 Å². The van der Waals surface area contributed by atoms with E-state index in [1.165, 1.54) is 44.1 Å². The quantitative estimate of drug-likeness (QED) is 0.301. The summed E-state index contributed by atoms with van der Waals surface area (Å²) >= 11 is 0. The molecule has 0 aromatic heterocycles. The molecule has 6 aliphatic rings. The second-order valence-electron chi connectivity index (χ2n) is 17.3. The second kappa shape index (κ2) is 10.5. The van der Waals surface area contributed by atoms with E-state index in [9.17, 15) is 20.4 Å². The lowest BCUT2D eigenvalue weighted by molar-refractivity contribution is -0.283. The van der Waals surface area contributed by atoms with Crippen molar-refractivity contribution >= 4 is 0 Å². The summed E-state index contributed by atoms with van der Waals surface area (Å²) in [6, 6.07) is 0. The Morgan fingerprint density at radius 2 is 1.60 bits per heavy atom. The van der Waals surface area contributed by atoms with E-state index in [1.807, 2.05) is 0 Å². The summed E-state index contributed by atoms with van der Waals surface area (Å²) in [7, 11) is 0. The van der Waals surface area contributed by atoms with Crippen molar-refractivity contribution in [1.29, 1.82) is 0 Å². The van der Waals surface area contributed by atoms with Crippen molar-refractivity contribution in [3.63, 3.8) is 0 Å². The number of hydrogen-bond donors (Lipinski definition) is 4. The number of rotatable bonds is 5. The molecule has 0 spiro atoms. The molecule has 6 nitrogen and oxygen atoms in total. The summed E-state index contributed by atoms with van der Waals surface area (Å²) in [5.41, 5.74) is 2.11. The van der Waals surface area contributed by atoms with Gasteiger partial charge in [0.25, 0.3) is 0 Å². The molecule has 0 bridgehead atoms. The highest BCUT2D eigenvalue weighted by Gasteiger charge is 2.71. The van der Waals surface area contributed by atoms with Crippen LogP contribution < -0.4 is 0 Å². The van der Waals surface area contributed by atoms with Gasteiger partial charge in [-0.25, -0.2) is 0 Å². The Labute approximate surface area is 254 Å². The topological polar surface area (TPSA) is 99.4 Å². The van der Waals surface area contributed by atoms with Gasteiger partial charge in [-0.1, -0.05) is 46.8 Å². The number of aliphatic hydroxyl groups excluding tert-OH is 4. The number of aliphatic hydroxyl groups is 4. The average Bonchev–Trinajstić information content (AvgIpc) is 3.33. The monoisotopic (exact) mass is 588 g/mol. The predicted octanol–water partition coefficient (Wildman–Crippen LogP) is 5.85. The Kier molecular flexibility index (Phi) is 7.89. The minimum atomic E-state index is -1.02. The third-order valence-electron chi connectivity index (χ3n) is 15.5. The lowest BCUT2D eigenvalue weighted by Gasteiger charge is -2.73. The highest BCUT2D eigenvalue weighted by Crippen LogP contribution is 2.77. The maximum Gasteiger partial charge on any atom is 0.157 e. The van der Waals surface area contributed by atoms with Crippen LogP contribution in [-0.2, 0) is 9.47 Å². The van der Waals surface area contributed by atoms with Crippen LogP contribution in [-0.4, -0.2) is 64.3 Å². The van der Waals surface area contributed by atoms with Crippen LogP contribution >= 0.6 is 0 Å². The molecule has 0 radical (unpaired) electrons. The van der Waals surface area contributed by atoms with Crippen molar-refractivity contribution in [3.05, 3.63) is 12.2 Å². The Morgan fingerprint density at radius 1 is 0.857 bits per heavy atom. The molecule has 4 N–H and O–H groups in total. The Hall–Kier alpha value is -0.500. The molecule has 1 unspecified atom stereocenters. The summed E-state index contributed by atoms with van der Waals surface area (Å²) in [6.07, 6.45) is 8.69. The molecule has 0 aromatic carbocycles. The zero-order valence-corrected chi connectivity index (χ0v) is 27.3. The van der Waals surface area contributed by atoms with E-state index in [1.54, 1.807) is 0 Å². The zero-order valence-electron chi connectivity index (χ0n) is 27.3. The van der Waals surface area contributed by atoms with E-state index in [0.29, 0.717) is 36.2 Å². The smallest absolute Gasteiger partial charge is 0.157 e. The summed E-state index contributed by atoms with van der Waals surface area (Å²) in [6.45, 7) is 19.4. The normalized spacial score (nSPS) is 55.2. The molecule has 5 saturated carbocycles. The van der Waals surface area contributed by atoms with Crippen molar-refractivity contribution in [2.24, 2.45) is 56.7 Å². The van der Waals surface area contributed by atoms with Gasteiger partial charge in [-0.3, -0.25) is 0 Å². The van der Waals surface area contributed by atoms with Crippen molar-refractivity contribution in [3.8, 4) is 0 Å². The van der Waals surface area contributed by atoms with E-state index in [-0.39, 0.29) is 46.2 Å². The summed E-state index contributed by atoms with van der Waals surface area (Å²) in [4.78, 5) is 0. The standard InChI is InChI=1S/C36H60O6/c1-21(2)22-10-15-36(20-38)17-16-34(6)23(30(22)36)8-9-27-33(5)13-12-28(32(3,4)26(33)11-14-35(27,34)7)41-24-18-29(39)42-25(19-37)31(24)40/h22-31,37-40H,1,8-20H2,2-7H3/t22-,23+,24+,25+,26-,27+,28?,29-,30+,31+,33-,34+,35+,36+/m0/s1.